The largest absolute Gasteiger partial charge is 1.00 e. The van der Waals surface area contributed by atoms with E-state index in [0.29, 0.717) is 97.1 Å². The molecule has 2 aliphatic heterocycles. The van der Waals surface area contributed by atoms with Crippen molar-refractivity contribution >= 4 is 126 Å². The predicted molar refractivity (Wildman–Crippen MR) is 336 cm³/mol. The van der Waals surface area contributed by atoms with E-state index in [9.17, 15) is 24.9 Å². The Balaban J connectivity index is 0.000000287. The second kappa shape index (κ2) is 32.8. The number of rotatable bonds is 12. The maximum Gasteiger partial charge on any atom is 1.00 e. The van der Waals surface area contributed by atoms with Crippen LogP contribution in [0.4, 0.5) is 5.95 Å². The Kier molecular flexibility index (Phi) is 28.5. The van der Waals surface area contributed by atoms with Crippen LogP contribution in [0.1, 0.15) is 77.8 Å². The van der Waals surface area contributed by atoms with Gasteiger partial charge in [0.25, 0.3) is 11.1 Å². The number of nitrogens with two attached hydrogens (primary N) is 1. The third-order valence-electron chi connectivity index (χ3n) is 11.2. The number of hydrogen-bond acceptors (Lipinski definition) is 21. The Labute approximate surface area is 551 Å². The van der Waals surface area contributed by atoms with Gasteiger partial charge in [0.15, 0.2) is 11.0 Å². The van der Waals surface area contributed by atoms with Crippen LogP contribution >= 0.6 is 81.2 Å². The standard InChI is InChI=1S/C16H17Cl2N5O2.C10H13ClN4O2.C9H11ClN4O2.C7H7Cl2N.C7H6ClN3O.C4H8O.Li.2H2O/c1-16(2,25)8-23-13-12(7-20-23)21-15(22-14(13)24)19-6-9-3-4-10(17)11(18)5-9;1-10(2,16)5-15-7-6(4-12-15)13-9(11)14-8(7)17-3;1-9(2,16)4-14-6-5(3-11-14)12-8(10)13-7(6)15;8-6-2-1-5(4-10)3-7(6)9;1-12-6-4-2-9-3-5(4)10-7(8)11-6;1-4(2)3-5-4;;;/h3-5,7,25H,6,8H2,1-2H3,(H2,19,21,22,24);4,16H,5H2,1-3H3;3,16H,4H2,1-2H3,(H,12,13,15);1-3H,4,10H2;3H,2H2,1H3;3H2,1-2H3;;2*1H2/q;;;;;;+1;;/p-1. The summed E-state index contributed by atoms with van der Waals surface area (Å²) < 4.78 is 19.5. The molecule has 0 bridgehead atoms. The summed E-state index contributed by atoms with van der Waals surface area (Å²) in [4.78, 5) is 57.3. The summed E-state index contributed by atoms with van der Waals surface area (Å²) in [5.74, 6) is 1.19. The van der Waals surface area contributed by atoms with Crippen LogP contribution in [-0.4, -0.2) is 145 Å². The number of hydrogen-bond donors (Lipinski definition) is 7. The fraction of sp³-hybridized carbons (Fsp3) is 0.396. The molecule has 0 atom stereocenters. The van der Waals surface area contributed by atoms with E-state index >= 15 is 0 Å². The van der Waals surface area contributed by atoms with Crippen LogP contribution < -0.4 is 50.5 Å². The number of benzene rings is 2. The Morgan fingerprint density at radius 3 is 1.55 bits per heavy atom. The number of aromatic amines is 2. The zero-order chi connectivity index (χ0) is 62.8. The number of aliphatic hydroxyl groups is 3. The molecule has 27 nitrogen and oxygen atoms in total. The van der Waals surface area contributed by atoms with E-state index in [0.717, 1.165) is 29.0 Å². The molecular formula is C53H65Cl7LiN17O10. The monoisotopic (exact) mass is 1350 g/mol. The average molecular weight is 1360 g/mol. The van der Waals surface area contributed by atoms with Crippen molar-refractivity contribution in [1.82, 2.24) is 69.2 Å². The summed E-state index contributed by atoms with van der Waals surface area (Å²) in [6.07, 6.45) is 6.19. The molecule has 0 spiro atoms. The van der Waals surface area contributed by atoms with Gasteiger partial charge in [0, 0.05) is 19.3 Å². The van der Waals surface area contributed by atoms with E-state index in [2.05, 4.69) is 79.3 Å². The zero-order valence-electron chi connectivity index (χ0n) is 49.6. The number of nitrogens with one attached hydrogen (secondary N) is 3. The summed E-state index contributed by atoms with van der Waals surface area (Å²) in [5, 5.41) is 47.1. The molecule has 9 heterocycles. The van der Waals surface area contributed by atoms with Gasteiger partial charge in [-0.05, 0) is 126 Å². The van der Waals surface area contributed by atoms with Gasteiger partial charge in [-0.25, -0.2) is 19.9 Å². The van der Waals surface area contributed by atoms with Gasteiger partial charge in [-0.2, -0.15) is 25.3 Å². The van der Waals surface area contributed by atoms with E-state index in [1.807, 2.05) is 12.1 Å². The van der Waals surface area contributed by atoms with Crippen molar-refractivity contribution in [2.24, 2.45) is 10.7 Å². The molecule has 0 amide bonds. The van der Waals surface area contributed by atoms with Crippen LogP contribution in [0.15, 0.2) is 69.6 Å². The van der Waals surface area contributed by atoms with E-state index in [1.165, 1.54) is 28.9 Å². The molecule has 1 fully saturated rings. The van der Waals surface area contributed by atoms with Crippen LogP contribution in [-0.2, 0) is 44.0 Å². The predicted octanol–water partition coefficient (Wildman–Crippen LogP) is 4.93. The Bertz CT molecular complexity index is 3930. The molecule has 9 aromatic rings. The minimum absolute atomic E-state index is 0. The number of epoxide rings is 1. The van der Waals surface area contributed by atoms with Crippen LogP contribution in [0.3, 0.4) is 0 Å². The van der Waals surface area contributed by atoms with Gasteiger partial charge in [-0.15, -0.1) is 0 Å². The van der Waals surface area contributed by atoms with E-state index in [1.54, 1.807) is 90.0 Å². The topological polar surface area (TPSA) is 400 Å². The summed E-state index contributed by atoms with van der Waals surface area (Å²) in [6.45, 7) is 17.3. The van der Waals surface area contributed by atoms with Crippen molar-refractivity contribution in [1.29, 1.82) is 0 Å². The van der Waals surface area contributed by atoms with Crippen molar-refractivity contribution < 1.29 is 59.3 Å². The van der Waals surface area contributed by atoms with Crippen LogP contribution in [0.2, 0.25) is 35.9 Å². The van der Waals surface area contributed by atoms with Crippen molar-refractivity contribution in [2.75, 3.05) is 26.1 Å². The maximum atomic E-state index is 12.4. The van der Waals surface area contributed by atoms with Crippen molar-refractivity contribution in [3.63, 3.8) is 0 Å². The third kappa shape index (κ3) is 22.9. The van der Waals surface area contributed by atoms with Crippen LogP contribution in [0, 0.1) is 0 Å². The first kappa shape index (κ1) is 76.4. The number of H-pyrrole nitrogens is 2. The number of anilines is 1. The molecule has 0 unspecified atom stereocenters. The summed E-state index contributed by atoms with van der Waals surface area (Å²) in [5.41, 5.74) is 8.36. The van der Waals surface area contributed by atoms with Gasteiger partial charge >= 0.3 is 18.9 Å². The Morgan fingerprint density at radius 2 is 1.08 bits per heavy atom. The van der Waals surface area contributed by atoms with Gasteiger partial charge in [0.05, 0.1) is 119 Å². The Hall–Kier alpha value is -5.81. The maximum absolute atomic E-state index is 12.4. The van der Waals surface area contributed by atoms with Gasteiger partial charge in [-0.3, -0.25) is 38.6 Å². The van der Waals surface area contributed by atoms with Gasteiger partial charge < -0.3 is 51.5 Å². The second-order valence-electron chi connectivity index (χ2n) is 21.3. The number of fused-ring (bicyclic) bond motifs is 4. The molecule has 1 saturated heterocycles. The fourth-order valence-corrected chi connectivity index (χ4v) is 8.51. The number of halogens is 7. The molecule has 35 heteroatoms. The van der Waals surface area contributed by atoms with E-state index in [-0.39, 0.29) is 75.5 Å². The zero-order valence-corrected chi connectivity index (χ0v) is 54.9. The molecule has 0 aliphatic carbocycles. The number of ether oxygens (including phenoxy) is 3. The minimum Gasteiger partial charge on any atom is -0.870 e. The summed E-state index contributed by atoms with van der Waals surface area (Å²) in [6, 6.07) is 10.7. The van der Waals surface area contributed by atoms with Crippen LogP contribution in [0.5, 0.6) is 11.8 Å². The quantitative estimate of drug-likeness (QED) is 0.0484. The fourth-order valence-electron chi connectivity index (χ4n) is 7.35. The average Bonchev–Trinajstić information content (AvgIpc) is 1.72. The first-order chi connectivity index (χ1) is 39.7. The van der Waals surface area contributed by atoms with Crippen molar-refractivity contribution in [2.45, 2.75) is 117 Å². The molecular weight excluding hydrogens is 1290 g/mol. The molecule has 472 valence electrons. The van der Waals surface area contributed by atoms with Gasteiger partial charge in [0.1, 0.15) is 22.1 Å². The van der Waals surface area contributed by atoms with E-state index < -0.39 is 16.8 Å². The molecule has 0 radical (unpaired) electrons. The Morgan fingerprint density at radius 1 is 0.648 bits per heavy atom. The van der Waals surface area contributed by atoms with E-state index in [4.69, 9.17) is 101 Å². The summed E-state index contributed by atoms with van der Waals surface area (Å²) in [7, 11) is 3.05. The molecule has 11 N–H and O–H groups in total. The van der Waals surface area contributed by atoms with Gasteiger partial charge in [0.2, 0.25) is 33.6 Å². The number of nitrogens with zero attached hydrogens (tertiary/aromatic N) is 13. The van der Waals surface area contributed by atoms with Gasteiger partial charge in [-0.1, -0.05) is 58.5 Å². The molecule has 0 saturated carbocycles. The molecule has 2 aliphatic rings. The number of methoxy groups -OCH3 is 2. The third-order valence-corrected chi connectivity index (χ3v) is 13.2. The molecule has 88 heavy (non-hydrogen) atoms. The number of aromatic nitrogens is 14. The SMILES string of the molecule is CC(C)(O)Cn1ncc2nc(Cl)[nH]c(=O)c21.CC(C)(O)Cn1ncc2nc(NCc3ccc(Cl)c(Cl)c3)[nH]c(=O)c21.CC1(C)CO1.COc1nc(Cl)nc2c1CN=C2.COc1nc(Cl)nc2cnn(CC(C)(C)O)c12.NCc1ccc(Cl)c(Cl)c1.O.[Li+].[OH-]. The minimum atomic E-state index is -0.990. The molecule has 11 rings (SSSR count). The molecule has 7 aromatic heterocycles. The molecule has 2 aromatic carbocycles. The van der Waals surface area contributed by atoms with Crippen molar-refractivity contribution in [3.8, 4) is 11.8 Å². The first-order valence-corrected chi connectivity index (χ1v) is 28.1. The van der Waals surface area contributed by atoms with Crippen molar-refractivity contribution in [3.05, 3.63) is 134 Å². The smallest absolute Gasteiger partial charge is 0.870 e. The second-order valence-corrected chi connectivity index (χ2v) is 23.9. The summed E-state index contributed by atoms with van der Waals surface area (Å²) >= 11 is 40.3. The number of aliphatic imine (C=N–C) groups is 1. The first-order valence-electron chi connectivity index (χ1n) is 25.5. The normalized spacial score (nSPS) is 12.6. The van der Waals surface area contributed by atoms with Crippen LogP contribution in [0.25, 0.3) is 33.1 Å².